The summed E-state index contributed by atoms with van der Waals surface area (Å²) < 4.78 is 0. The fraction of sp³-hybridized carbons (Fsp3) is 0.231. The molecule has 1 aliphatic rings. The van der Waals surface area contributed by atoms with Gasteiger partial charge in [0.05, 0.1) is 17.6 Å². The summed E-state index contributed by atoms with van der Waals surface area (Å²) in [4.78, 5) is 15.4. The van der Waals surface area contributed by atoms with Crippen molar-refractivity contribution in [1.82, 2.24) is 19.9 Å². The lowest BCUT2D eigenvalue weighted by molar-refractivity contribution is 0.202. The average Bonchev–Trinajstić information content (AvgIpc) is 3.31. The molecule has 0 atom stereocenters. The smallest absolute Gasteiger partial charge is 0.109 e. The molecule has 0 spiro atoms. The SMILES string of the molecule is c1ccc(CN2CCC(c3ncc(-c4ccc(-c5ccccc5)nc4)[nH]3)CC2)cc1. The van der Waals surface area contributed by atoms with E-state index in [-0.39, 0.29) is 0 Å². The summed E-state index contributed by atoms with van der Waals surface area (Å²) in [6, 6.07) is 25.2. The topological polar surface area (TPSA) is 44.8 Å². The highest BCUT2D eigenvalue weighted by Gasteiger charge is 2.23. The second kappa shape index (κ2) is 8.64. The molecule has 4 heteroatoms. The van der Waals surface area contributed by atoms with Crippen LogP contribution in [0.1, 0.15) is 30.1 Å². The number of aromatic nitrogens is 3. The molecule has 0 bridgehead atoms. The van der Waals surface area contributed by atoms with E-state index in [4.69, 9.17) is 4.98 Å². The number of likely N-dealkylation sites (tertiary alicyclic amines) is 1. The van der Waals surface area contributed by atoms with Gasteiger partial charge in [-0.25, -0.2) is 4.98 Å². The fourth-order valence-corrected chi connectivity index (χ4v) is 4.23. The van der Waals surface area contributed by atoms with Crippen molar-refractivity contribution >= 4 is 0 Å². The Hall–Kier alpha value is -3.24. The molecule has 4 aromatic rings. The number of hydrogen-bond acceptors (Lipinski definition) is 3. The number of aromatic amines is 1. The lowest BCUT2D eigenvalue weighted by Gasteiger charge is -2.31. The molecule has 0 radical (unpaired) electrons. The number of benzene rings is 2. The molecule has 30 heavy (non-hydrogen) atoms. The number of piperidine rings is 1. The summed E-state index contributed by atoms with van der Waals surface area (Å²) in [7, 11) is 0. The minimum absolute atomic E-state index is 0.502. The summed E-state index contributed by atoms with van der Waals surface area (Å²) in [5.41, 5.74) is 5.64. The molecule has 4 nitrogen and oxygen atoms in total. The van der Waals surface area contributed by atoms with E-state index in [1.54, 1.807) is 0 Å². The van der Waals surface area contributed by atoms with Gasteiger partial charge in [-0.05, 0) is 43.6 Å². The van der Waals surface area contributed by atoms with Crippen LogP contribution in [0.25, 0.3) is 22.5 Å². The molecule has 0 aliphatic carbocycles. The number of nitrogens with one attached hydrogen (secondary N) is 1. The summed E-state index contributed by atoms with van der Waals surface area (Å²) in [6.45, 7) is 3.27. The van der Waals surface area contributed by atoms with Crippen LogP contribution in [-0.4, -0.2) is 32.9 Å². The highest BCUT2D eigenvalue weighted by molar-refractivity contribution is 5.64. The highest BCUT2D eigenvalue weighted by atomic mass is 15.1. The normalized spacial score (nSPS) is 15.3. The van der Waals surface area contributed by atoms with Crippen LogP contribution in [0.2, 0.25) is 0 Å². The van der Waals surface area contributed by atoms with Crippen molar-refractivity contribution in [3.8, 4) is 22.5 Å². The second-order valence-electron chi connectivity index (χ2n) is 8.02. The predicted octanol–water partition coefficient (Wildman–Crippen LogP) is 5.52. The number of imidazole rings is 1. The fourth-order valence-electron chi connectivity index (χ4n) is 4.23. The van der Waals surface area contributed by atoms with Crippen molar-refractivity contribution in [3.63, 3.8) is 0 Å². The number of nitrogens with zero attached hydrogens (tertiary/aromatic N) is 3. The first kappa shape index (κ1) is 18.8. The summed E-state index contributed by atoms with van der Waals surface area (Å²) in [6.07, 6.45) is 6.17. The molecule has 1 aliphatic heterocycles. The van der Waals surface area contributed by atoms with Crippen LogP contribution in [0.3, 0.4) is 0 Å². The maximum atomic E-state index is 4.70. The molecule has 1 fully saturated rings. The molecule has 150 valence electrons. The molecule has 2 aromatic carbocycles. The van der Waals surface area contributed by atoms with Crippen LogP contribution in [0.4, 0.5) is 0 Å². The van der Waals surface area contributed by atoms with Gasteiger partial charge in [-0.15, -0.1) is 0 Å². The summed E-state index contributed by atoms with van der Waals surface area (Å²) >= 11 is 0. The third-order valence-electron chi connectivity index (χ3n) is 5.96. The number of pyridine rings is 1. The first-order valence-electron chi connectivity index (χ1n) is 10.7. The van der Waals surface area contributed by atoms with E-state index >= 15 is 0 Å². The van der Waals surface area contributed by atoms with E-state index in [0.29, 0.717) is 5.92 Å². The zero-order valence-corrected chi connectivity index (χ0v) is 17.0. The molecule has 3 heterocycles. The van der Waals surface area contributed by atoms with Gasteiger partial charge in [-0.1, -0.05) is 60.7 Å². The van der Waals surface area contributed by atoms with E-state index in [9.17, 15) is 0 Å². The monoisotopic (exact) mass is 394 g/mol. The van der Waals surface area contributed by atoms with Crippen LogP contribution in [-0.2, 0) is 6.54 Å². The van der Waals surface area contributed by atoms with Gasteiger partial charge in [-0.2, -0.15) is 0 Å². The van der Waals surface area contributed by atoms with Gasteiger partial charge in [0.1, 0.15) is 5.82 Å². The van der Waals surface area contributed by atoms with Crippen molar-refractivity contribution in [1.29, 1.82) is 0 Å². The summed E-state index contributed by atoms with van der Waals surface area (Å²) in [5, 5.41) is 0. The average molecular weight is 395 g/mol. The molecule has 1 N–H and O–H groups in total. The molecule has 0 saturated carbocycles. The molecule has 1 saturated heterocycles. The predicted molar refractivity (Wildman–Crippen MR) is 121 cm³/mol. The Morgan fingerprint density at radius 1 is 0.767 bits per heavy atom. The standard InChI is InChI=1S/C26H26N4/c1-3-7-20(8-4-1)19-30-15-13-22(14-16-30)26-28-18-25(29-26)23-11-12-24(27-17-23)21-9-5-2-6-10-21/h1-12,17-18,22H,13-16,19H2,(H,28,29). The molecular weight excluding hydrogens is 368 g/mol. The van der Waals surface area contributed by atoms with E-state index in [1.807, 2.05) is 30.6 Å². The van der Waals surface area contributed by atoms with Crippen molar-refractivity contribution in [3.05, 3.63) is 96.6 Å². The van der Waals surface area contributed by atoms with Crippen molar-refractivity contribution in [2.45, 2.75) is 25.3 Å². The molecule has 2 aromatic heterocycles. The Balaban J connectivity index is 1.22. The number of rotatable bonds is 5. The Morgan fingerprint density at radius 3 is 2.20 bits per heavy atom. The summed E-state index contributed by atoms with van der Waals surface area (Å²) in [5.74, 6) is 1.61. The molecular formula is C26H26N4. The third kappa shape index (κ3) is 4.19. The van der Waals surface area contributed by atoms with Gasteiger partial charge in [-0.3, -0.25) is 9.88 Å². The van der Waals surface area contributed by atoms with Crippen LogP contribution in [0.15, 0.2) is 85.2 Å². The van der Waals surface area contributed by atoms with E-state index in [0.717, 1.165) is 60.8 Å². The van der Waals surface area contributed by atoms with Gasteiger partial charge in [0.15, 0.2) is 0 Å². The van der Waals surface area contributed by atoms with Gasteiger partial charge >= 0.3 is 0 Å². The first-order valence-corrected chi connectivity index (χ1v) is 10.7. The van der Waals surface area contributed by atoms with Crippen molar-refractivity contribution < 1.29 is 0 Å². The first-order chi connectivity index (χ1) is 14.8. The third-order valence-corrected chi connectivity index (χ3v) is 5.96. The van der Waals surface area contributed by atoms with Gasteiger partial charge in [0, 0.05) is 29.8 Å². The van der Waals surface area contributed by atoms with E-state index < -0.39 is 0 Å². The van der Waals surface area contributed by atoms with Gasteiger partial charge in [0.25, 0.3) is 0 Å². The zero-order valence-electron chi connectivity index (χ0n) is 17.0. The highest BCUT2D eigenvalue weighted by Crippen LogP contribution is 2.29. The van der Waals surface area contributed by atoms with Crippen LogP contribution >= 0.6 is 0 Å². The largest absolute Gasteiger partial charge is 0.342 e. The lowest BCUT2D eigenvalue weighted by Crippen LogP contribution is -2.32. The molecule has 0 amide bonds. The molecule has 0 unspecified atom stereocenters. The van der Waals surface area contributed by atoms with E-state index in [1.165, 1.54) is 5.56 Å². The zero-order chi connectivity index (χ0) is 20.2. The molecule has 5 rings (SSSR count). The second-order valence-corrected chi connectivity index (χ2v) is 8.02. The number of H-pyrrole nitrogens is 1. The van der Waals surface area contributed by atoms with Crippen LogP contribution in [0, 0.1) is 0 Å². The van der Waals surface area contributed by atoms with E-state index in [2.05, 4.69) is 69.5 Å². The minimum Gasteiger partial charge on any atom is -0.342 e. The van der Waals surface area contributed by atoms with Crippen molar-refractivity contribution in [2.75, 3.05) is 13.1 Å². The lowest BCUT2D eigenvalue weighted by atomic mass is 9.96. The van der Waals surface area contributed by atoms with Gasteiger partial charge in [0.2, 0.25) is 0 Å². The Kier molecular flexibility index (Phi) is 5.40. The Bertz CT molecular complexity index is 1060. The Labute approximate surface area is 177 Å². The quantitative estimate of drug-likeness (QED) is 0.485. The van der Waals surface area contributed by atoms with Crippen LogP contribution in [0.5, 0.6) is 0 Å². The minimum atomic E-state index is 0.502. The van der Waals surface area contributed by atoms with Crippen LogP contribution < -0.4 is 0 Å². The maximum absolute atomic E-state index is 4.70. The van der Waals surface area contributed by atoms with Crippen molar-refractivity contribution in [2.24, 2.45) is 0 Å². The number of hydrogen-bond donors (Lipinski definition) is 1. The maximum Gasteiger partial charge on any atom is 0.109 e. The Morgan fingerprint density at radius 2 is 1.50 bits per heavy atom. The van der Waals surface area contributed by atoms with Gasteiger partial charge < -0.3 is 4.98 Å².